The predicted molar refractivity (Wildman–Crippen MR) is 113 cm³/mol. The van der Waals surface area contributed by atoms with Crippen LogP contribution in [0.25, 0.3) is 0 Å². The fourth-order valence-electron chi connectivity index (χ4n) is 3.19. The van der Waals surface area contributed by atoms with Gasteiger partial charge in [0.2, 0.25) is 0 Å². The molecule has 1 unspecified atom stereocenters. The van der Waals surface area contributed by atoms with Crippen LogP contribution in [0.5, 0.6) is 11.5 Å². The molecule has 2 aromatic rings. The number of methoxy groups -OCH3 is 1. The molecule has 158 valence electrons. The highest BCUT2D eigenvalue weighted by Crippen LogP contribution is 2.35. The third-order valence-electron chi connectivity index (χ3n) is 4.57. The van der Waals surface area contributed by atoms with Crippen LogP contribution in [0, 0.1) is 0 Å². The molecule has 30 heavy (non-hydrogen) atoms. The largest absolute Gasteiger partial charge is 0.493 e. The number of allylic oxidation sites excluding steroid dienone is 1. The van der Waals surface area contributed by atoms with Gasteiger partial charge in [-0.15, -0.1) is 0 Å². The fourth-order valence-corrected chi connectivity index (χ4v) is 3.41. The SMILES string of the molecule is CCOC(=O)C1=C(C)NC(=O)NC1c1ccc(OCc2cccc(Cl)c2)c(OC)c1. The number of benzene rings is 2. The van der Waals surface area contributed by atoms with Gasteiger partial charge in [0.25, 0.3) is 0 Å². The van der Waals surface area contributed by atoms with Gasteiger partial charge in [-0.3, -0.25) is 0 Å². The monoisotopic (exact) mass is 430 g/mol. The lowest BCUT2D eigenvalue weighted by Gasteiger charge is -2.28. The third kappa shape index (κ3) is 4.86. The highest BCUT2D eigenvalue weighted by atomic mass is 35.5. The Bertz CT molecular complexity index is 989. The van der Waals surface area contributed by atoms with Gasteiger partial charge in [-0.1, -0.05) is 29.8 Å². The number of esters is 1. The Morgan fingerprint density at radius 3 is 2.67 bits per heavy atom. The minimum Gasteiger partial charge on any atom is -0.493 e. The fraction of sp³-hybridized carbons (Fsp3) is 0.273. The van der Waals surface area contributed by atoms with Crippen molar-refractivity contribution in [3.8, 4) is 11.5 Å². The number of hydrogen-bond donors (Lipinski definition) is 2. The Morgan fingerprint density at radius 1 is 1.17 bits per heavy atom. The van der Waals surface area contributed by atoms with Crippen LogP contribution in [0.4, 0.5) is 4.79 Å². The molecule has 1 atom stereocenters. The molecule has 0 radical (unpaired) electrons. The van der Waals surface area contributed by atoms with Crippen LogP contribution >= 0.6 is 11.6 Å². The van der Waals surface area contributed by atoms with Crippen molar-refractivity contribution < 1.29 is 23.8 Å². The van der Waals surface area contributed by atoms with Gasteiger partial charge in [0.1, 0.15) is 6.61 Å². The van der Waals surface area contributed by atoms with Crippen molar-refractivity contribution in [3.05, 3.63) is 69.9 Å². The first-order valence-corrected chi connectivity index (χ1v) is 9.81. The van der Waals surface area contributed by atoms with Crippen LogP contribution in [0.15, 0.2) is 53.7 Å². The van der Waals surface area contributed by atoms with E-state index in [4.69, 9.17) is 25.8 Å². The average Bonchev–Trinajstić information content (AvgIpc) is 2.71. The Morgan fingerprint density at radius 2 is 1.97 bits per heavy atom. The molecule has 0 aromatic heterocycles. The maximum atomic E-state index is 12.5. The number of ether oxygens (including phenoxy) is 3. The highest BCUT2D eigenvalue weighted by molar-refractivity contribution is 6.30. The standard InChI is InChI=1S/C22H23ClN2O5/c1-4-29-21(26)19-13(2)24-22(27)25-20(19)15-8-9-17(18(11-15)28-3)30-12-14-6-5-7-16(23)10-14/h5-11,20H,4,12H2,1-3H3,(H2,24,25,27). The second-order valence-corrected chi connectivity index (χ2v) is 7.06. The van der Waals surface area contributed by atoms with Crippen molar-refractivity contribution in [2.75, 3.05) is 13.7 Å². The van der Waals surface area contributed by atoms with Crippen molar-refractivity contribution in [2.24, 2.45) is 0 Å². The summed E-state index contributed by atoms with van der Waals surface area (Å²) in [5.74, 6) is 0.510. The lowest BCUT2D eigenvalue weighted by Crippen LogP contribution is -2.45. The van der Waals surface area contributed by atoms with Crippen molar-refractivity contribution in [3.63, 3.8) is 0 Å². The van der Waals surface area contributed by atoms with E-state index in [0.29, 0.717) is 40.0 Å². The topological polar surface area (TPSA) is 85.9 Å². The summed E-state index contributed by atoms with van der Waals surface area (Å²) < 4.78 is 16.5. The zero-order valence-electron chi connectivity index (χ0n) is 17.0. The second-order valence-electron chi connectivity index (χ2n) is 6.62. The molecule has 1 heterocycles. The number of nitrogens with one attached hydrogen (secondary N) is 2. The molecule has 1 aliphatic heterocycles. The number of amides is 2. The summed E-state index contributed by atoms with van der Waals surface area (Å²) in [5.41, 5.74) is 2.37. The third-order valence-corrected chi connectivity index (χ3v) is 4.80. The summed E-state index contributed by atoms with van der Waals surface area (Å²) >= 11 is 6.02. The Kier molecular flexibility index (Phi) is 6.84. The second kappa shape index (κ2) is 9.54. The van der Waals surface area contributed by atoms with Gasteiger partial charge in [-0.05, 0) is 49.2 Å². The van der Waals surface area contributed by atoms with E-state index in [0.717, 1.165) is 5.56 Å². The first-order valence-electron chi connectivity index (χ1n) is 9.43. The molecule has 0 aliphatic carbocycles. The molecule has 2 amide bonds. The molecule has 2 N–H and O–H groups in total. The van der Waals surface area contributed by atoms with E-state index in [-0.39, 0.29) is 6.61 Å². The van der Waals surface area contributed by atoms with Gasteiger partial charge < -0.3 is 24.8 Å². The van der Waals surface area contributed by atoms with E-state index < -0.39 is 18.0 Å². The molecule has 0 fully saturated rings. The average molecular weight is 431 g/mol. The van der Waals surface area contributed by atoms with E-state index >= 15 is 0 Å². The summed E-state index contributed by atoms with van der Waals surface area (Å²) in [6, 6.07) is 11.6. The maximum Gasteiger partial charge on any atom is 0.338 e. The Hall–Kier alpha value is -3.19. The molecule has 7 nitrogen and oxygen atoms in total. The number of hydrogen-bond acceptors (Lipinski definition) is 5. The van der Waals surface area contributed by atoms with Crippen LogP contribution in [-0.4, -0.2) is 25.7 Å². The lowest BCUT2D eigenvalue weighted by atomic mass is 9.95. The summed E-state index contributed by atoms with van der Waals surface area (Å²) in [7, 11) is 1.53. The molecular formula is C22H23ClN2O5. The van der Waals surface area contributed by atoms with Crippen LogP contribution in [0.2, 0.25) is 5.02 Å². The molecule has 0 spiro atoms. The lowest BCUT2D eigenvalue weighted by molar-refractivity contribution is -0.139. The molecule has 0 saturated carbocycles. The van der Waals surface area contributed by atoms with E-state index in [1.54, 1.807) is 38.1 Å². The van der Waals surface area contributed by atoms with Crippen LogP contribution < -0.4 is 20.1 Å². The molecule has 1 aliphatic rings. The number of carbonyl (C=O) groups is 2. The molecular weight excluding hydrogens is 408 g/mol. The molecule has 3 rings (SSSR count). The molecule has 0 saturated heterocycles. The van der Waals surface area contributed by atoms with Gasteiger partial charge in [-0.25, -0.2) is 9.59 Å². The summed E-state index contributed by atoms with van der Waals surface area (Å²) in [4.78, 5) is 24.5. The number of carbonyl (C=O) groups excluding carboxylic acids is 2. The number of rotatable bonds is 7. The first-order chi connectivity index (χ1) is 14.4. The van der Waals surface area contributed by atoms with Crippen LogP contribution in [0.3, 0.4) is 0 Å². The minimum absolute atomic E-state index is 0.232. The first kappa shape index (κ1) is 21.5. The summed E-state index contributed by atoms with van der Waals surface area (Å²) in [6.45, 7) is 3.94. The van der Waals surface area contributed by atoms with Gasteiger partial charge >= 0.3 is 12.0 Å². The predicted octanol–water partition coefficient (Wildman–Crippen LogP) is 4.12. The number of halogens is 1. The Labute approximate surface area is 180 Å². The molecule has 0 bridgehead atoms. The quantitative estimate of drug-likeness (QED) is 0.645. The van der Waals surface area contributed by atoms with E-state index in [9.17, 15) is 9.59 Å². The Balaban J connectivity index is 1.87. The number of urea groups is 1. The molecule has 2 aromatic carbocycles. The van der Waals surface area contributed by atoms with Gasteiger partial charge in [-0.2, -0.15) is 0 Å². The van der Waals surface area contributed by atoms with Crippen LogP contribution in [0.1, 0.15) is 31.0 Å². The summed E-state index contributed by atoms with van der Waals surface area (Å²) in [6.07, 6.45) is 0. The minimum atomic E-state index is -0.673. The van der Waals surface area contributed by atoms with Gasteiger partial charge in [0.15, 0.2) is 11.5 Å². The van der Waals surface area contributed by atoms with E-state index in [1.807, 2.05) is 18.2 Å². The van der Waals surface area contributed by atoms with E-state index in [2.05, 4.69) is 10.6 Å². The van der Waals surface area contributed by atoms with Crippen molar-refractivity contribution in [1.29, 1.82) is 0 Å². The van der Waals surface area contributed by atoms with Crippen molar-refractivity contribution in [2.45, 2.75) is 26.5 Å². The zero-order chi connectivity index (χ0) is 21.7. The highest BCUT2D eigenvalue weighted by Gasteiger charge is 2.32. The normalized spacial score (nSPS) is 15.9. The van der Waals surface area contributed by atoms with Crippen LogP contribution in [-0.2, 0) is 16.1 Å². The smallest absolute Gasteiger partial charge is 0.338 e. The maximum absolute atomic E-state index is 12.5. The van der Waals surface area contributed by atoms with E-state index in [1.165, 1.54) is 7.11 Å². The summed E-state index contributed by atoms with van der Waals surface area (Å²) in [5, 5.41) is 6.01. The molecule has 8 heteroatoms. The van der Waals surface area contributed by atoms with Crippen molar-refractivity contribution in [1.82, 2.24) is 10.6 Å². The van der Waals surface area contributed by atoms with Crippen molar-refractivity contribution >= 4 is 23.6 Å². The van der Waals surface area contributed by atoms with Gasteiger partial charge in [0, 0.05) is 10.7 Å². The zero-order valence-corrected chi connectivity index (χ0v) is 17.7. The van der Waals surface area contributed by atoms with Gasteiger partial charge in [0.05, 0.1) is 25.3 Å².